The molecule has 0 aliphatic rings. The number of rotatable bonds is 7. The van der Waals surface area contributed by atoms with Crippen LogP contribution >= 0.6 is 0 Å². The zero-order valence-corrected chi connectivity index (χ0v) is 10.8. The molecule has 0 N–H and O–H groups in total. The van der Waals surface area contributed by atoms with Crippen molar-refractivity contribution in [2.24, 2.45) is 0 Å². The number of hydrogen-bond donors (Lipinski definition) is 0. The quantitative estimate of drug-likeness (QED) is 0.566. The zero-order valence-electron chi connectivity index (χ0n) is 10.8. The number of furan rings is 1. The molecule has 0 unspecified atom stereocenters. The maximum Gasteiger partial charge on any atom is 0.185 e. The summed E-state index contributed by atoms with van der Waals surface area (Å²) in [7, 11) is 1.67. The predicted octanol–water partition coefficient (Wildman–Crippen LogP) is 3.17. The van der Waals surface area contributed by atoms with Crippen LogP contribution in [0.25, 0.3) is 11.3 Å². The Morgan fingerprint density at radius 2 is 1.89 bits per heavy atom. The molecule has 0 bridgehead atoms. The van der Waals surface area contributed by atoms with Crippen LogP contribution in [0.2, 0.25) is 0 Å². The summed E-state index contributed by atoms with van der Waals surface area (Å²) < 4.78 is 15.9. The molecule has 0 saturated heterocycles. The van der Waals surface area contributed by atoms with Crippen LogP contribution in [0, 0.1) is 0 Å². The first-order valence-corrected chi connectivity index (χ1v) is 6.10. The van der Waals surface area contributed by atoms with Crippen molar-refractivity contribution in [1.29, 1.82) is 0 Å². The lowest BCUT2D eigenvalue weighted by molar-refractivity contribution is 0.110. The van der Waals surface area contributed by atoms with E-state index in [1.807, 2.05) is 24.3 Å². The summed E-state index contributed by atoms with van der Waals surface area (Å²) in [6.07, 6.45) is 1.55. The van der Waals surface area contributed by atoms with E-state index in [9.17, 15) is 4.79 Å². The summed E-state index contributed by atoms with van der Waals surface area (Å²) in [6.45, 7) is 1.32. The summed E-state index contributed by atoms with van der Waals surface area (Å²) in [6, 6.07) is 11.0. The minimum absolute atomic E-state index is 0.329. The molecule has 1 aromatic heterocycles. The molecule has 0 fully saturated rings. The van der Waals surface area contributed by atoms with Crippen molar-refractivity contribution < 1.29 is 18.7 Å². The molecule has 2 rings (SSSR count). The van der Waals surface area contributed by atoms with Gasteiger partial charge in [0.25, 0.3) is 0 Å². The van der Waals surface area contributed by atoms with Crippen molar-refractivity contribution in [2.75, 3.05) is 20.3 Å². The van der Waals surface area contributed by atoms with Gasteiger partial charge in [0.05, 0.1) is 6.61 Å². The van der Waals surface area contributed by atoms with Crippen LogP contribution < -0.4 is 4.74 Å². The van der Waals surface area contributed by atoms with Crippen molar-refractivity contribution in [1.82, 2.24) is 0 Å². The monoisotopic (exact) mass is 260 g/mol. The first-order valence-electron chi connectivity index (χ1n) is 6.10. The van der Waals surface area contributed by atoms with E-state index in [2.05, 4.69) is 0 Å². The Morgan fingerprint density at radius 1 is 1.11 bits per heavy atom. The van der Waals surface area contributed by atoms with Gasteiger partial charge in [-0.05, 0) is 36.4 Å². The van der Waals surface area contributed by atoms with Crippen LogP contribution in [0.15, 0.2) is 40.8 Å². The van der Waals surface area contributed by atoms with Gasteiger partial charge in [0.15, 0.2) is 12.0 Å². The van der Waals surface area contributed by atoms with Crippen molar-refractivity contribution >= 4 is 6.29 Å². The maximum absolute atomic E-state index is 10.6. The van der Waals surface area contributed by atoms with Gasteiger partial charge in [-0.2, -0.15) is 0 Å². The SMILES string of the molecule is COCCCOc1ccc(-c2ccc(C=O)o2)cc1. The van der Waals surface area contributed by atoms with Crippen molar-refractivity contribution in [3.8, 4) is 17.1 Å². The molecule has 4 heteroatoms. The van der Waals surface area contributed by atoms with E-state index in [4.69, 9.17) is 13.9 Å². The molecule has 0 atom stereocenters. The Morgan fingerprint density at radius 3 is 2.53 bits per heavy atom. The van der Waals surface area contributed by atoms with Crippen molar-refractivity contribution in [3.63, 3.8) is 0 Å². The van der Waals surface area contributed by atoms with Crippen LogP contribution in [0.5, 0.6) is 5.75 Å². The van der Waals surface area contributed by atoms with Gasteiger partial charge in [-0.25, -0.2) is 0 Å². The summed E-state index contributed by atoms with van der Waals surface area (Å²) in [5.74, 6) is 1.81. The summed E-state index contributed by atoms with van der Waals surface area (Å²) in [4.78, 5) is 10.6. The highest BCUT2D eigenvalue weighted by molar-refractivity contribution is 5.72. The van der Waals surface area contributed by atoms with Crippen LogP contribution in [-0.2, 0) is 4.74 Å². The molecule has 0 radical (unpaired) electrons. The fourth-order valence-corrected chi connectivity index (χ4v) is 1.68. The predicted molar refractivity (Wildman–Crippen MR) is 71.5 cm³/mol. The minimum Gasteiger partial charge on any atom is -0.494 e. The third-order valence-electron chi connectivity index (χ3n) is 2.64. The van der Waals surface area contributed by atoms with E-state index in [1.165, 1.54) is 0 Å². The number of carbonyl (C=O) groups excluding carboxylic acids is 1. The van der Waals surface area contributed by atoms with Gasteiger partial charge in [-0.3, -0.25) is 4.79 Å². The number of ether oxygens (including phenoxy) is 2. The lowest BCUT2D eigenvalue weighted by atomic mass is 10.2. The third kappa shape index (κ3) is 3.69. The molecular weight excluding hydrogens is 244 g/mol. The Kier molecular flexibility index (Phi) is 4.75. The van der Waals surface area contributed by atoms with Gasteiger partial charge in [-0.1, -0.05) is 0 Å². The second-order valence-electron chi connectivity index (χ2n) is 4.04. The normalized spacial score (nSPS) is 10.4. The van der Waals surface area contributed by atoms with Crippen LogP contribution in [0.3, 0.4) is 0 Å². The Hall–Kier alpha value is -2.07. The standard InChI is InChI=1S/C15H16O4/c1-17-9-2-10-18-13-5-3-12(4-6-13)15-8-7-14(11-16)19-15/h3-8,11H,2,9-10H2,1H3. The number of aldehydes is 1. The molecule has 19 heavy (non-hydrogen) atoms. The van der Waals surface area contributed by atoms with Crippen molar-refractivity contribution in [2.45, 2.75) is 6.42 Å². The van der Waals surface area contributed by atoms with E-state index >= 15 is 0 Å². The zero-order chi connectivity index (χ0) is 13.5. The second-order valence-corrected chi connectivity index (χ2v) is 4.04. The van der Waals surface area contributed by atoms with Crippen LogP contribution in [0.4, 0.5) is 0 Å². The Bertz CT molecular complexity index is 513. The lowest BCUT2D eigenvalue weighted by Crippen LogP contribution is -2.00. The fourth-order valence-electron chi connectivity index (χ4n) is 1.68. The molecule has 0 aliphatic carbocycles. The van der Waals surface area contributed by atoms with Crippen molar-refractivity contribution in [3.05, 3.63) is 42.2 Å². The number of benzene rings is 1. The molecule has 0 saturated carbocycles. The summed E-state index contributed by atoms with van der Waals surface area (Å²) >= 11 is 0. The first kappa shape index (κ1) is 13.4. The van der Waals surface area contributed by atoms with Crippen LogP contribution in [0.1, 0.15) is 17.0 Å². The molecule has 1 heterocycles. The molecule has 1 aromatic carbocycles. The maximum atomic E-state index is 10.6. The fraction of sp³-hybridized carbons (Fsp3) is 0.267. The average molecular weight is 260 g/mol. The Labute approximate surface area is 111 Å². The van der Waals surface area contributed by atoms with E-state index in [0.717, 1.165) is 17.7 Å². The van der Waals surface area contributed by atoms with E-state index in [1.54, 1.807) is 19.2 Å². The van der Waals surface area contributed by atoms with Gasteiger partial charge < -0.3 is 13.9 Å². The van der Waals surface area contributed by atoms with Crippen LogP contribution in [-0.4, -0.2) is 26.6 Å². The van der Waals surface area contributed by atoms with Gasteiger partial charge in [0.1, 0.15) is 11.5 Å². The molecule has 0 spiro atoms. The highest BCUT2D eigenvalue weighted by Crippen LogP contribution is 2.24. The third-order valence-corrected chi connectivity index (χ3v) is 2.64. The van der Waals surface area contributed by atoms with Gasteiger partial charge in [-0.15, -0.1) is 0 Å². The van der Waals surface area contributed by atoms with Gasteiger partial charge in [0.2, 0.25) is 0 Å². The Balaban J connectivity index is 1.96. The van der Waals surface area contributed by atoms with E-state index < -0.39 is 0 Å². The summed E-state index contributed by atoms with van der Waals surface area (Å²) in [5, 5.41) is 0. The molecular formula is C15H16O4. The first-order chi connectivity index (χ1) is 9.33. The van der Waals surface area contributed by atoms with E-state index in [0.29, 0.717) is 31.0 Å². The number of methoxy groups -OCH3 is 1. The van der Waals surface area contributed by atoms with E-state index in [-0.39, 0.29) is 0 Å². The van der Waals surface area contributed by atoms with Gasteiger partial charge in [0, 0.05) is 25.7 Å². The molecule has 0 amide bonds. The molecule has 100 valence electrons. The number of hydrogen-bond acceptors (Lipinski definition) is 4. The molecule has 2 aromatic rings. The summed E-state index contributed by atoms with van der Waals surface area (Å²) in [5.41, 5.74) is 0.914. The average Bonchev–Trinajstić information content (AvgIpc) is 2.93. The lowest BCUT2D eigenvalue weighted by Gasteiger charge is -2.06. The minimum atomic E-state index is 0.329. The molecule has 0 aliphatic heterocycles. The van der Waals surface area contributed by atoms with Gasteiger partial charge >= 0.3 is 0 Å². The smallest absolute Gasteiger partial charge is 0.185 e. The highest BCUT2D eigenvalue weighted by atomic mass is 16.5. The topological polar surface area (TPSA) is 48.7 Å². The number of carbonyl (C=O) groups is 1. The largest absolute Gasteiger partial charge is 0.494 e. The highest BCUT2D eigenvalue weighted by Gasteiger charge is 2.04. The molecule has 4 nitrogen and oxygen atoms in total. The second kappa shape index (κ2) is 6.75.